The maximum atomic E-state index is 13.5. The van der Waals surface area contributed by atoms with Gasteiger partial charge in [0, 0.05) is 12.6 Å². The lowest BCUT2D eigenvalue weighted by atomic mass is 10.00. The number of amides is 1. The van der Waals surface area contributed by atoms with Crippen LogP contribution in [0.3, 0.4) is 0 Å². The minimum absolute atomic E-state index is 0.209. The van der Waals surface area contributed by atoms with Crippen LogP contribution in [0, 0.1) is 10.1 Å². The van der Waals surface area contributed by atoms with Crippen molar-refractivity contribution in [3.8, 4) is 0 Å². The average Bonchev–Trinajstić information content (AvgIpc) is 2.72. The molecule has 0 aliphatic carbocycles. The third kappa shape index (κ3) is 6.16. The monoisotopic (exact) mass is 483 g/mol. The Balaban J connectivity index is 2.55. The molecule has 0 radical (unpaired) electrons. The van der Waals surface area contributed by atoms with Crippen molar-refractivity contribution in [1.82, 2.24) is 9.37 Å². The molecule has 1 amide bonds. The number of aliphatic hydroxyl groups excluding tert-OH is 1. The van der Waals surface area contributed by atoms with Crippen LogP contribution in [0.15, 0.2) is 53.5 Å². The second-order valence-corrected chi connectivity index (χ2v) is 10.1. The summed E-state index contributed by atoms with van der Waals surface area (Å²) in [5, 5.41) is 21.3. The molecule has 182 valence electrons. The number of aliphatic hydroxyl groups is 1. The lowest BCUT2D eigenvalue weighted by Gasteiger charge is -2.40. The maximum Gasteiger partial charge on any atom is 0.410 e. The number of hydrogen-bond acceptors (Lipinski definition) is 8. The van der Waals surface area contributed by atoms with Crippen molar-refractivity contribution >= 4 is 21.8 Å². The molecule has 1 heterocycles. The smallest absolute Gasteiger partial charge is 0.410 e. The fourth-order valence-corrected chi connectivity index (χ4v) is 4.86. The molecule has 2 unspecified atom stereocenters. The number of benzene rings is 1. The van der Waals surface area contributed by atoms with Gasteiger partial charge < -0.3 is 9.84 Å². The zero-order valence-electron chi connectivity index (χ0n) is 19.0. The molecule has 1 aromatic carbocycles. The highest BCUT2D eigenvalue weighted by molar-refractivity contribution is 7.89. The zero-order chi connectivity index (χ0) is 25.0. The van der Waals surface area contributed by atoms with Crippen molar-refractivity contribution in [2.75, 3.05) is 19.8 Å². The third-order valence-electron chi connectivity index (χ3n) is 4.71. The van der Waals surface area contributed by atoms with Gasteiger partial charge in [-0.2, -0.15) is 0 Å². The van der Waals surface area contributed by atoms with E-state index in [9.17, 15) is 28.4 Å². The SMILES string of the molecule is C=CCON(C1C=C(C)C(CO)N(C(=O)OC(C)(C)C)C1)S(=O)(=O)c1ccccc1[N+](=O)[O-]. The number of ether oxygens (including phenoxy) is 1. The first-order valence-electron chi connectivity index (χ1n) is 10.1. The van der Waals surface area contributed by atoms with Crippen LogP contribution in [-0.2, 0) is 19.6 Å². The van der Waals surface area contributed by atoms with E-state index < -0.39 is 55.9 Å². The summed E-state index contributed by atoms with van der Waals surface area (Å²) in [7, 11) is -4.54. The Hall–Kier alpha value is -2.80. The van der Waals surface area contributed by atoms with Crippen molar-refractivity contribution in [2.24, 2.45) is 0 Å². The molecule has 1 N–H and O–H groups in total. The van der Waals surface area contributed by atoms with Crippen LogP contribution < -0.4 is 0 Å². The standard InChI is InChI=1S/C21H29N3O8S/c1-6-11-31-24(33(29,30)19-10-8-7-9-17(19)23(27)28)16-12-15(2)18(14-25)22(13-16)20(26)32-21(3,4)5/h6-10,12,16,18,25H,1,11,13-14H2,2-5H3. The van der Waals surface area contributed by atoms with Crippen molar-refractivity contribution in [3.63, 3.8) is 0 Å². The van der Waals surface area contributed by atoms with Crippen LogP contribution in [0.2, 0.25) is 0 Å². The summed E-state index contributed by atoms with van der Waals surface area (Å²) in [5.74, 6) is 0. The third-order valence-corrected chi connectivity index (χ3v) is 6.46. The number of sulfonamides is 1. The normalized spacial score (nSPS) is 19.2. The molecule has 0 aromatic heterocycles. The molecule has 11 nitrogen and oxygen atoms in total. The largest absolute Gasteiger partial charge is 0.444 e. The van der Waals surface area contributed by atoms with Crippen LogP contribution >= 0.6 is 0 Å². The molecule has 2 atom stereocenters. The van der Waals surface area contributed by atoms with Gasteiger partial charge in [-0.3, -0.25) is 19.9 Å². The number of nitro groups is 1. The van der Waals surface area contributed by atoms with Gasteiger partial charge >= 0.3 is 6.09 Å². The number of hydrogen-bond donors (Lipinski definition) is 1. The molecular formula is C21H29N3O8S. The van der Waals surface area contributed by atoms with E-state index in [-0.39, 0.29) is 13.2 Å². The Bertz CT molecular complexity index is 1030. The highest BCUT2D eigenvalue weighted by Gasteiger charge is 2.42. The second kappa shape index (κ2) is 10.4. The quantitative estimate of drug-likeness (QED) is 0.338. The first-order chi connectivity index (χ1) is 15.3. The summed E-state index contributed by atoms with van der Waals surface area (Å²) < 4.78 is 33.0. The van der Waals surface area contributed by atoms with Gasteiger partial charge in [-0.15, -0.1) is 6.58 Å². The lowest BCUT2D eigenvalue weighted by molar-refractivity contribution is -0.387. The van der Waals surface area contributed by atoms with Crippen LogP contribution in [0.1, 0.15) is 27.7 Å². The Kier molecular flexibility index (Phi) is 8.36. The van der Waals surface area contributed by atoms with Crippen LogP contribution in [0.5, 0.6) is 0 Å². The predicted octanol–water partition coefficient (Wildman–Crippen LogP) is 2.63. The fraction of sp³-hybridized carbons (Fsp3) is 0.476. The summed E-state index contributed by atoms with van der Waals surface area (Å²) in [5.41, 5.74) is -0.930. The number of para-hydroxylation sites is 1. The molecule has 0 spiro atoms. The molecule has 0 saturated heterocycles. The highest BCUT2D eigenvalue weighted by atomic mass is 32.2. The fourth-order valence-electron chi connectivity index (χ4n) is 3.33. The topological polar surface area (TPSA) is 140 Å². The van der Waals surface area contributed by atoms with E-state index in [1.165, 1.54) is 29.2 Å². The van der Waals surface area contributed by atoms with E-state index in [2.05, 4.69) is 6.58 Å². The average molecular weight is 484 g/mol. The maximum absolute atomic E-state index is 13.5. The molecule has 0 fully saturated rings. The van der Waals surface area contributed by atoms with Gasteiger partial charge in [0.05, 0.1) is 30.2 Å². The molecule has 0 bridgehead atoms. The molecule has 2 rings (SSSR count). The van der Waals surface area contributed by atoms with Crippen molar-refractivity contribution in [2.45, 2.75) is 50.3 Å². The first-order valence-corrected chi connectivity index (χ1v) is 11.6. The van der Waals surface area contributed by atoms with E-state index >= 15 is 0 Å². The number of rotatable bonds is 8. The van der Waals surface area contributed by atoms with Crippen LogP contribution in [0.25, 0.3) is 0 Å². The molecule has 1 aliphatic heterocycles. The van der Waals surface area contributed by atoms with Gasteiger partial charge in [-0.25, -0.2) is 13.2 Å². The number of nitro benzene ring substituents is 1. The van der Waals surface area contributed by atoms with E-state index in [4.69, 9.17) is 9.57 Å². The van der Waals surface area contributed by atoms with E-state index in [1.54, 1.807) is 27.7 Å². The van der Waals surface area contributed by atoms with Gasteiger partial charge in [0.2, 0.25) is 0 Å². The predicted molar refractivity (Wildman–Crippen MR) is 120 cm³/mol. The van der Waals surface area contributed by atoms with E-state index in [0.29, 0.717) is 10.0 Å². The van der Waals surface area contributed by atoms with Gasteiger partial charge in [0.15, 0.2) is 4.90 Å². The number of carbonyl (C=O) groups is 1. The summed E-state index contributed by atoms with van der Waals surface area (Å²) in [6.07, 6.45) is 2.12. The Labute approximate surface area is 193 Å². The van der Waals surface area contributed by atoms with Gasteiger partial charge in [0.1, 0.15) is 5.60 Å². The minimum Gasteiger partial charge on any atom is -0.444 e. The molecule has 1 aromatic rings. The van der Waals surface area contributed by atoms with Crippen LogP contribution in [-0.4, -0.2) is 71.4 Å². The Morgan fingerprint density at radius 2 is 2.03 bits per heavy atom. The number of nitrogens with zero attached hydrogens (tertiary/aromatic N) is 3. The number of carbonyl (C=O) groups excluding carboxylic acids is 1. The number of hydroxylamine groups is 1. The summed E-state index contributed by atoms with van der Waals surface area (Å²) in [6, 6.07) is 3.13. The van der Waals surface area contributed by atoms with Crippen molar-refractivity contribution in [3.05, 3.63) is 58.7 Å². The lowest BCUT2D eigenvalue weighted by Crippen LogP contribution is -2.56. The molecular weight excluding hydrogens is 454 g/mol. The summed E-state index contributed by atoms with van der Waals surface area (Å²) in [6.45, 7) is 9.37. The van der Waals surface area contributed by atoms with Crippen LogP contribution in [0.4, 0.5) is 10.5 Å². The highest BCUT2D eigenvalue weighted by Crippen LogP contribution is 2.31. The first kappa shape index (κ1) is 26.5. The van der Waals surface area contributed by atoms with Gasteiger partial charge in [-0.05, 0) is 33.8 Å². The summed E-state index contributed by atoms with van der Waals surface area (Å²) in [4.78, 5) is 29.6. The molecule has 33 heavy (non-hydrogen) atoms. The van der Waals surface area contributed by atoms with Gasteiger partial charge in [0.25, 0.3) is 15.7 Å². The molecule has 0 saturated carbocycles. The molecule has 1 aliphatic rings. The zero-order valence-corrected chi connectivity index (χ0v) is 19.8. The van der Waals surface area contributed by atoms with E-state index in [1.807, 2.05) is 0 Å². The van der Waals surface area contributed by atoms with E-state index in [0.717, 1.165) is 12.1 Å². The Morgan fingerprint density at radius 1 is 1.39 bits per heavy atom. The molecule has 12 heteroatoms. The minimum atomic E-state index is -4.54. The second-order valence-electron chi connectivity index (χ2n) is 8.38. The van der Waals surface area contributed by atoms with Crippen molar-refractivity contribution < 1.29 is 32.8 Å². The summed E-state index contributed by atoms with van der Waals surface area (Å²) >= 11 is 0. The van der Waals surface area contributed by atoms with Gasteiger partial charge in [-0.1, -0.05) is 34.3 Å². The Morgan fingerprint density at radius 3 is 2.58 bits per heavy atom. The van der Waals surface area contributed by atoms with Crippen molar-refractivity contribution in [1.29, 1.82) is 0 Å².